The molecule has 0 aliphatic carbocycles. The SMILES string of the molecule is CCC(CC)c1nc2c(CN)cccc2n1C. The van der Waals surface area contributed by atoms with Gasteiger partial charge in [0.25, 0.3) is 0 Å². The van der Waals surface area contributed by atoms with Crippen LogP contribution in [0.4, 0.5) is 0 Å². The van der Waals surface area contributed by atoms with E-state index in [0.717, 1.165) is 23.9 Å². The average Bonchev–Trinajstić information content (AvgIpc) is 2.69. The van der Waals surface area contributed by atoms with Crippen LogP contribution < -0.4 is 5.73 Å². The summed E-state index contributed by atoms with van der Waals surface area (Å²) in [4.78, 5) is 4.81. The highest BCUT2D eigenvalue weighted by molar-refractivity contribution is 5.79. The number of nitrogens with two attached hydrogens (primary N) is 1. The Morgan fingerprint density at radius 2 is 2.00 bits per heavy atom. The zero-order valence-electron chi connectivity index (χ0n) is 10.9. The molecule has 3 heteroatoms. The lowest BCUT2D eigenvalue weighted by molar-refractivity contribution is 0.582. The van der Waals surface area contributed by atoms with Gasteiger partial charge in [-0.05, 0) is 24.5 Å². The molecule has 2 aromatic rings. The molecule has 0 amide bonds. The van der Waals surface area contributed by atoms with Crippen molar-refractivity contribution in [2.75, 3.05) is 0 Å². The van der Waals surface area contributed by atoms with E-state index < -0.39 is 0 Å². The molecule has 3 nitrogen and oxygen atoms in total. The molecule has 0 radical (unpaired) electrons. The van der Waals surface area contributed by atoms with Gasteiger partial charge in [-0.25, -0.2) is 4.98 Å². The number of rotatable bonds is 4. The summed E-state index contributed by atoms with van der Waals surface area (Å²) in [6.07, 6.45) is 2.26. The van der Waals surface area contributed by atoms with E-state index in [-0.39, 0.29) is 0 Å². The lowest BCUT2D eigenvalue weighted by atomic mass is 10.0. The number of aromatic nitrogens is 2. The maximum Gasteiger partial charge on any atom is 0.112 e. The first-order chi connectivity index (χ1) is 8.22. The third kappa shape index (κ3) is 1.95. The first kappa shape index (κ1) is 12.1. The fraction of sp³-hybridized carbons (Fsp3) is 0.500. The van der Waals surface area contributed by atoms with Gasteiger partial charge in [-0.2, -0.15) is 0 Å². The van der Waals surface area contributed by atoms with E-state index in [1.54, 1.807) is 0 Å². The van der Waals surface area contributed by atoms with Crippen LogP contribution in [0.15, 0.2) is 18.2 Å². The fourth-order valence-electron chi connectivity index (χ4n) is 2.47. The molecule has 92 valence electrons. The molecule has 0 aliphatic rings. The van der Waals surface area contributed by atoms with Crippen molar-refractivity contribution in [2.24, 2.45) is 12.8 Å². The second-order valence-electron chi connectivity index (χ2n) is 4.53. The zero-order chi connectivity index (χ0) is 12.4. The third-order valence-corrected chi connectivity index (χ3v) is 3.60. The van der Waals surface area contributed by atoms with Gasteiger partial charge in [0.15, 0.2) is 0 Å². The van der Waals surface area contributed by atoms with Crippen LogP contribution in [0.1, 0.15) is 44.0 Å². The smallest absolute Gasteiger partial charge is 0.112 e. The van der Waals surface area contributed by atoms with Gasteiger partial charge >= 0.3 is 0 Å². The van der Waals surface area contributed by atoms with Crippen LogP contribution in [0.25, 0.3) is 11.0 Å². The summed E-state index contributed by atoms with van der Waals surface area (Å²) in [6.45, 7) is 4.99. The van der Waals surface area contributed by atoms with Gasteiger partial charge in [-0.15, -0.1) is 0 Å². The lowest BCUT2D eigenvalue weighted by Gasteiger charge is -2.11. The molecule has 1 aromatic carbocycles. The van der Waals surface area contributed by atoms with Crippen LogP contribution in [-0.2, 0) is 13.6 Å². The minimum atomic E-state index is 0.540. The molecule has 0 aliphatic heterocycles. The maximum absolute atomic E-state index is 5.77. The number of hydrogen-bond acceptors (Lipinski definition) is 2. The average molecular weight is 231 g/mol. The minimum absolute atomic E-state index is 0.540. The highest BCUT2D eigenvalue weighted by atomic mass is 15.1. The van der Waals surface area contributed by atoms with Crippen LogP contribution in [-0.4, -0.2) is 9.55 Å². The second kappa shape index (κ2) is 4.88. The fourth-order valence-corrected chi connectivity index (χ4v) is 2.47. The van der Waals surface area contributed by atoms with Gasteiger partial charge < -0.3 is 10.3 Å². The van der Waals surface area contributed by atoms with Crippen molar-refractivity contribution in [3.8, 4) is 0 Å². The molecule has 1 heterocycles. The van der Waals surface area contributed by atoms with E-state index in [0.29, 0.717) is 12.5 Å². The normalized spacial score (nSPS) is 11.6. The van der Waals surface area contributed by atoms with E-state index in [1.807, 2.05) is 0 Å². The highest BCUT2D eigenvalue weighted by Gasteiger charge is 2.16. The van der Waals surface area contributed by atoms with Crippen LogP contribution in [0.5, 0.6) is 0 Å². The summed E-state index contributed by atoms with van der Waals surface area (Å²) in [6, 6.07) is 6.24. The second-order valence-corrected chi connectivity index (χ2v) is 4.53. The first-order valence-corrected chi connectivity index (χ1v) is 6.37. The van der Waals surface area contributed by atoms with Crippen LogP contribution in [0.2, 0.25) is 0 Å². The van der Waals surface area contributed by atoms with E-state index >= 15 is 0 Å². The Bertz CT molecular complexity index is 509. The molecule has 0 atom stereocenters. The quantitative estimate of drug-likeness (QED) is 0.879. The predicted octanol–water partition coefficient (Wildman–Crippen LogP) is 2.94. The van der Waals surface area contributed by atoms with Crippen molar-refractivity contribution in [3.63, 3.8) is 0 Å². The van der Waals surface area contributed by atoms with Crippen LogP contribution in [0.3, 0.4) is 0 Å². The minimum Gasteiger partial charge on any atom is -0.331 e. The third-order valence-electron chi connectivity index (χ3n) is 3.60. The van der Waals surface area contributed by atoms with Gasteiger partial charge in [-0.1, -0.05) is 26.0 Å². The van der Waals surface area contributed by atoms with Gasteiger partial charge in [0, 0.05) is 19.5 Å². The van der Waals surface area contributed by atoms with Gasteiger partial charge in [0.2, 0.25) is 0 Å². The van der Waals surface area contributed by atoms with Crippen molar-refractivity contribution in [2.45, 2.75) is 39.2 Å². The standard InChI is InChI=1S/C14H21N3/c1-4-10(5-2)14-16-13-11(9-15)7-6-8-12(13)17(14)3/h6-8,10H,4-5,9,15H2,1-3H3. The van der Waals surface area contributed by atoms with E-state index in [1.165, 1.54) is 11.3 Å². The van der Waals surface area contributed by atoms with Crippen molar-refractivity contribution < 1.29 is 0 Å². The Morgan fingerprint density at radius 3 is 2.59 bits per heavy atom. The van der Waals surface area contributed by atoms with Gasteiger partial charge in [0.05, 0.1) is 11.0 Å². The first-order valence-electron chi connectivity index (χ1n) is 6.37. The molecule has 0 saturated carbocycles. The van der Waals surface area contributed by atoms with Crippen molar-refractivity contribution in [1.29, 1.82) is 0 Å². The van der Waals surface area contributed by atoms with Crippen molar-refractivity contribution in [1.82, 2.24) is 9.55 Å². The Kier molecular flexibility index (Phi) is 3.48. The number of fused-ring (bicyclic) bond motifs is 1. The molecule has 2 N–H and O–H groups in total. The van der Waals surface area contributed by atoms with Crippen LogP contribution in [0, 0.1) is 0 Å². The molecule has 0 fully saturated rings. The topological polar surface area (TPSA) is 43.8 Å². The maximum atomic E-state index is 5.77. The van der Waals surface area contributed by atoms with E-state index in [2.05, 4.69) is 43.7 Å². The Hall–Kier alpha value is -1.35. The highest BCUT2D eigenvalue weighted by Crippen LogP contribution is 2.27. The number of nitrogens with zero attached hydrogens (tertiary/aromatic N) is 2. The molecular formula is C14H21N3. The summed E-state index contributed by atoms with van der Waals surface area (Å²) in [7, 11) is 2.10. The number of para-hydroxylation sites is 1. The molecule has 0 unspecified atom stereocenters. The summed E-state index contributed by atoms with van der Waals surface area (Å²) >= 11 is 0. The molecule has 0 spiro atoms. The predicted molar refractivity (Wildman–Crippen MR) is 71.9 cm³/mol. The molecule has 17 heavy (non-hydrogen) atoms. The Labute approximate surface area is 103 Å². The molecular weight excluding hydrogens is 210 g/mol. The molecule has 0 saturated heterocycles. The van der Waals surface area contributed by atoms with Gasteiger partial charge in [-0.3, -0.25) is 0 Å². The summed E-state index contributed by atoms with van der Waals surface area (Å²) < 4.78 is 2.21. The largest absolute Gasteiger partial charge is 0.331 e. The summed E-state index contributed by atoms with van der Waals surface area (Å²) in [5, 5.41) is 0. The molecule has 1 aromatic heterocycles. The van der Waals surface area contributed by atoms with Gasteiger partial charge in [0.1, 0.15) is 5.82 Å². The van der Waals surface area contributed by atoms with Crippen molar-refractivity contribution >= 4 is 11.0 Å². The van der Waals surface area contributed by atoms with E-state index in [4.69, 9.17) is 10.7 Å². The number of imidazole rings is 1. The summed E-state index contributed by atoms with van der Waals surface area (Å²) in [5.41, 5.74) is 9.16. The monoisotopic (exact) mass is 231 g/mol. The Morgan fingerprint density at radius 1 is 1.29 bits per heavy atom. The number of hydrogen-bond donors (Lipinski definition) is 1. The van der Waals surface area contributed by atoms with Crippen molar-refractivity contribution in [3.05, 3.63) is 29.6 Å². The lowest BCUT2D eigenvalue weighted by Crippen LogP contribution is -2.04. The zero-order valence-corrected chi connectivity index (χ0v) is 10.9. The molecule has 0 bridgehead atoms. The molecule has 2 rings (SSSR count). The van der Waals surface area contributed by atoms with Crippen LogP contribution >= 0.6 is 0 Å². The number of aryl methyl sites for hydroxylation is 1. The number of benzene rings is 1. The Balaban J connectivity index is 2.63. The van der Waals surface area contributed by atoms with E-state index in [9.17, 15) is 0 Å². The summed E-state index contributed by atoms with van der Waals surface area (Å²) in [5.74, 6) is 1.73.